The Morgan fingerprint density at radius 2 is 2.13 bits per heavy atom. The minimum absolute atomic E-state index is 0.0597. The van der Waals surface area contributed by atoms with Crippen LogP contribution in [0.5, 0.6) is 0 Å². The Kier molecular flexibility index (Phi) is 3.66. The first-order valence-electron chi connectivity index (χ1n) is 4.95. The molecule has 1 heterocycles. The maximum Gasteiger partial charge on any atom is 0.251 e. The highest BCUT2D eigenvalue weighted by atomic mass is 16.1. The fourth-order valence-corrected chi connectivity index (χ4v) is 1.15. The molecule has 0 aliphatic rings. The van der Waals surface area contributed by atoms with Crippen molar-refractivity contribution < 1.29 is 4.79 Å². The number of aromatic nitrogens is 1. The summed E-state index contributed by atoms with van der Waals surface area (Å²) in [7, 11) is 3.79. The van der Waals surface area contributed by atoms with Gasteiger partial charge in [0.05, 0.1) is 0 Å². The van der Waals surface area contributed by atoms with E-state index in [1.807, 2.05) is 32.8 Å². The molecular weight excluding hydrogens is 190 g/mol. The number of rotatable bonds is 3. The molecule has 0 atom stereocenters. The Hall–Kier alpha value is -1.58. The number of nitrogens with one attached hydrogen (secondary N) is 1. The van der Waals surface area contributed by atoms with Gasteiger partial charge in [0.2, 0.25) is 0 Å². The smallest absolute Gasteiger partial charge is 0.251 e. The first kappa shape index (κ1) is 11.5. The first-order valence-corrected chi connectivity index (χ1v) is 4.95. The Bertz CT molecular complexity index is 347. The molecule has 0 spiro atoms. The van der Waals surface area contributed by atoms with E-state index in [1.54, 1.807) is 18.3 Å². The predicted molar refractivity (Wildman–Crippen MR) is 61.2 cm³/mol. The number of hydrogen-bond acceptors (Lipinski definition) is 3. The molecule has 4 nitrogen and oxygen atoms in total. The van der Waals surface area contributed by atoms with Crippen molar-refractivity contribution >= 4 is 11.7 Å². The summed E-state index contributed by atoms with van der Waals surface area (Å²) < 4.78 is 0. The van der Waals surface area contributed by atoms with Crippen molar-refractivity contribution in [1.82, 2.24) is 10.3 Å². The first-order chi connectivity index (χ1) is 7.00. The summed E-state index contributed by atoms with van der Waals surface area (Å²) in [6.07, 6.45) is 1.64. The second kappa shape index (κ2) is 4.77. The number of nitrogens with zero attached hydrogens (tertiary/aromatic N) is 2. The molecule has 0 saturated heterocycles. The lowest BCUT2D eigenvalue weighted by atomic mass is 10.2. The number of hydrogen-bond donors (Lipinski definition) is 1. The number of anilines is 1. The Morgan fingerprint density at radius 3 is 2.67 bits per heavy atom. The molecule has 1 aromatic rings. The van der Waals surface area contributed by atoms with Crippen molar-refractivity contribution in [3.63, 3.8) is 0 Å². The van der Waals surface area contributed by atoms with E-state index >= 15 is 0 Å². The van der Waals surface area contributed by atoms with Crippen molar-refractivity contribution in [2.75, 3.05) is 19.0 Å². The number of carbonyl (C=O) groups is 1. The van der Waals surface area contributed by atoms with Crippen LogP contribution >= 0.6 is 0 Å². The van der Waals surface area contributed by atoms with E-state index in [0.717, 1.165) is 5.82 Å². The van der Waals surface area contributed by atoms with Crippen molar-refractivity contribution in [1.29, 1.82) is 0 Å². The maximum absolute atomic E-state index is 11.7. The molecular formula is C11H17N3O. The van der Waals surface area contributed by atoms with E-state index in [1.165, 1.54) is 0 Å². The molecule has 0 radical (unpaired) electrons. The average Bonchev–Trinajstić information content (AvgIpc) is 2.17. The summed E-state index contributed by atoms with van der Waals surface area (Å²) >= 11 is 0. The summed E-state index contributed by atoms with van der Waals surface area (Å²) in [5.41, 5.74) is 0.641. The summed E-state index contributed by atoms with van der Waals surface area (Å²) in [6.45, 7) is 3.87. The van der Waals surface area contributed by atoms with E-state index in [4.69, 9.17) is 0 Å². The van der Waals surface area contributed by atoms with Gasteiger partial charge in [0, 0.05) is 31.9 Å². The van der Waals surface area contributed by atoms with Crippen LogP contribution < -0.4 is 10.2 Å². The molecule has 1 aromatic heterocycles. The molecule has 0 bridgehead atoms. The van der Waals surface area contributed by atoms with Crippen LogP contribution in [-0.2, 0) is 0 Å². The van der Waals surface area contributed by atoms with Crippen LogP contribution in [0.3, 0.4) is 0 Å². The van der Waals surface area contributed by atoms with Crippen molar-refractivity contribution in [2.45, 2.75) is 19.9 Å². The lowest BCUT2D eigenvalue weighted by molar-refractivity contribution is 0.0943. The molecule has 1 N–H and O–H groups in total. The standard InChI is InChI=1S/C11H17N3O/c1-8(2)13-11(15)9-5-6-12-10(7-9)14(3)4/h5-8H,1-4H3,(H,13,15). The van der Waals surface area contributed by atoms with E-state index in [2.05, 4.69) is 10.3 Å². The Morgan fingerprint density at radius 1 is 1.47 bits per heavy atom. The fourth-order valence-electron chi connectivity index (χ4n) is 1.15. The molecule has 0 unspecified atom stereocenters. The number of amides is 1. The second-order valence-corrected chi connectivity index (χ2v) is 3.93. The topological polar surface area (TPSA) is 45.2 Å². The van der Waals surface area contributed by atoms with Gasteiger partial charge >= 0.3 is 0 Å². The highest BCUT2D eigenvalue weighted by Crippen LogP contribution is 2.09. The molecule has 0 aliphatic carbocycles. The molecule has 0 saturated carbocycles. The predicted octanol–water partition coefficient (Wildman–Crippen LogP) is 1.29. The van der Waals surface area contributed by atoms with E-state index < -0.39 is 0 Å². The highest BCUT2D eigenvalue weighted by Gasteiger charge is 2.08. The molecule has 0 aliphatic heterocycles. The Balaban J connectivity index is 2.85. The van der Waals surface area contributed by atoms with Gasteiger partial charge in [-0.25, -0.2) is 4.98 Å². The van der Waals surface area contributed by atoms with Gasteiger partial charge in [-0.05, 0) is 26.0 Å². The second-order valence-electron chi connectivity index (χ2n) is 3.93. The Labute approximate surface area is 90.3 Å². The third kappa shape index (κ3) is 3.23. The van der Waals surface area contributed by atoms with Gasteiger partial charge in [-0.15, -0.1) is 0 Å². The van der Waals surface area contributed by atoms with E-state index in [-0.39, 0.29) is 11.9 Å². The minimum Gasteiger partial charge on any atom is -0.363 e. The lowest BCUT2D eigenvalue weighted by Gasteiger charge is -2.13. The van der Waals surface area contributed by atoms with Gasteiger partial charge in [-0.3, -0.25) is 4.79 Å². The maximum atomic E-state index is 11.7. The number of carbonyl (C=O) groups excluding carboxylic acids is 1. The third-order valence-corrected chi connectivity index (χ3v) is 1.89. The molecule has 15 heavy (non-hydrogen) atoms. The quantitative estimate of drug-likeness (QED) is 0.812. The van der Waals surface area contributed by atoms with Crippen LogP contribution in [0.4, 0.5) is 5.82 Å². The fraction of sp³-hybridized carbons (Fsp3) is 0.455. The van der Waals surface area contributed by atoms with Crippen LogP contribution in [0.2, 0.25) is 0 Å². The summed E-state index contributed by atoms with van der Waals surface area (Å²) in [6, 6.07) is 3.64. The molecule has 0 fully saturated rings. The monoisotopic (exact) mass is 207 g/mol. The van der Waals surface area contributed by atoms with Crippen molar-refractivity contribution in [3.05, 3.63) is 23.9 Å². The van der Waals surface area contributed by atoms with Gasteiger partial charge in [0.1, 0.15) is 5.82 Å². The molecule has 1 rings (SSSR count). The minimum atomic E-state index is -0.0597. The summed E-state index contributed by atoms with van der Waals surface area (Å²) in [4.78, 5) is 17.7. The molecule has 4 heteroatoms. The average molecular weight is 207 g/mol. The zero-order chi connectivity index (χ0) is 11.4. The highest BCUT2D eigenvalue weighted by molar-refractivity contribution is 5.94. The van der Waals surface area contributed by atoms with Gasteiger partial charge in [-0.2, -0.15) is 0 Å². The summed E-state index contributed by atoms with van der Waals surface area (Å²) in [5.74, 6) is 0.724. The van der Waals surface area contributed by atoms with Crippen LogP contribution in [-0.4, -0.2) is 31.0 Å². The van der Waals surface area contributed by atoms with Crippen LogP contribution in [0.1, 0.15) is 24.2 Å². The molecule has 82 valence electrons. The van der Waals surface area contributed by atoms with Gasteiger partial charge in [-0.1, -0.05) is 0 Å². The molecule has 1 amide bonds. The van der Waals surface area contributed by atoms with Crippen LogP contribution in [0.15, 0.2) is 18.3 Å². The molecule has 0 aromatic carbocycles. The van der Waals surface area contributed by atoms with E-state index in [0.29, 0.717) is 5.56 Å². The van der Waals surface area contributed by atoms with Crippen LogP contribution in [0.25, 0.3) is 0 Å². The van der Waals surface area contributed by atoms with Crippen LogP contribution in [0, 0.1) is 0 Å². The van der Waals surface area contributed by atoms with Crippen molar-refractivity contribution in [3.8, 4) is 0 Å². The zero-order valence-electron chi connectivity index (χ0n) is 9.61. The van der Waals surface area contributed by atoms with Crippen molar-refractivity contribution in [2.24, 2.45) is 0 Å². The third-order valence-electron chi connectivity index (χ3n) is 1.89. The van der Waals surface area contributed by atoms with Gasteiger partial charge < -0.3 is 10.2 Å². The van der Waals surface area contributed by atoms with Gasteiger partial charge in [0.25, 0.3) is 5.91 Å². The zero-order valence-corrected chi connectivity index (χ0v) is 9.61. The van der Waals surface area contributed by atoms with E-state index in [9.17, 15) is 4.79 Å². The SMILES string of the molecule is CC(C)NC(=O)c1ccnc(N(C)C)c1. The van der Waals surface area contributed by atoms with Gasteiger partial charge in [0.15, 0.2) is 0 Å². The number of pyridine rings is 1. The lowest BCUT2D eigenvalue weighted by Crippen LogP contribution is -2.30. The largest absolute Gasteiger partial charge is 0.363 e. The normalized spacial score (nSPS) is 10.2. The summed E-state index contributed by atoms with van der Waals surface area (Å²) in [5, 5.41) is 2.84.